The highest BCUT2D eigenvalue weighted by Crippen LogP contribution is 2.25. The molecule has 6 heteroatoms. The van der Waals surface area contributed by atoms with Crippen LogP contribution in [0.15, 0.2) is 10.3 Å². The molecule has 0 aliphatic rings. The number of rotatable bonds is 7. The van der Waals surface area contributed by atoms with Crippen LogP contribution in [0.4, 0.5) is 0 Å². The Hall–Kier alpha value is -0.430. The van der Waals surface area contributed by atoms with E-state index in [0.717, 1.165) is 16.9 Å². The fourth-order valence-electron chi connectivity index (χ4n) is 1.42. The maximum absolute atomic E-state index is 12.1. The smallest absolute Gasteiger partial charge is 0.250 e. The van der Waals surface area contributed by atoms with Crippen molar-refractivity contribution in [3.63, 3.8) is 0 Å². The van der Waals surface area contributed by atoms with Crippen LogP contribution in [-0.4, -0.2) is 22.0 Å². The van der Waals surface area contributed by atoms with Crippen LogP contribution >= 0.6 is 11.3 Å². The van der Waals surface area contributed by atoms with Gasteiger partial charge in [0, 0.05) is 18.0 Å². The second-order valence-electron chi connectivity index (χ2n) is 4.57. The molecule has 1 unspecified atom stereocenters. The number of sulfonamides is 1. The normalized spacial score (nSPS) is 13.8. The van der Waals surface area contributed by atoms with E-state index in [1.165, 1.54) is 11.3 Å². The lowest BCUT2D eigenvalue weighted by molar-refractivity contribution is 0.529. The van der Waals surface area contributed by atoms with E-state index >= 15 is 0 Å². The number of nitrogens with one attached hydrogen (secondary N) is 2. The molecule has 0 amide bonds. The van der Waals surface area contributed by atoms with Crippen LogP contribution in [0.3, 0.4) is 0 Å². The minimum absolute atomic E-state index is 0.359. The van der Waals surface area contributed by atoms with Crippen molar-refractivity contribution in [2.45, 2.75) is 37.9 Å². The Balaban J connectivity index is 2.82. The van der Waals surface area contributed by atoms with Crippen LogP contribution in [0.1, 0.15) is 30.7 Å². The monoisotopic (exact) mass is 290 g/mol. The Labute approximate surface area is 114 Å². The summed E-state index contributed by atoms with van der Waals surface area (Å²) in [5.41, 5.74) is 1.03. The molecule has 1 aromatic heterocycles. The number of thiophene rings is 1. The highest BCUT2D eigenvalue weighted by Gasteiger charge is 2.18. The van der Waals surface area contributed by atoms with Gasteiger partial charge in [-0.2, -0.15) is 0 Å². The summed E-state index contributed by atoms with van der Waals surface area (Å²) in [6.07, 6.45) is 0.969. The summed E-state index contributed by atoms with van der Waals surface area (Å²) in [7, 11) is -1.49. The molecule has 104 valence electrons. The summed E-state index contributed by atoms with van der Waals surface area (Å²) in [5, 5.41) is 3.04. The Morgan fingerprint density at radius 3 is 2.67 bits per heavy atom. The van der Waals surface area contributed by atoms with E-state index in [1.807, 2.05) is 20.9 Å². The van der Waals surface area contributed by atoms with Crippen molar-refractivity contribution >= 4 is 21.4 Å². The van der Waals surface area contributed by atoms with Crippen LogP contribution in [0.5, 0.6) is 0 Å². The van der Waals surface area contributed by atoms with Gasteiger partial charge in [-0.25, -0.2) is 13.1 Å². The lowest BCUT2D eigenvalue weighted by Crippen LogP contribution is -2.27. The molecule has 0 bridgehead atoms. The molecular formula is C12H22N2O2S2. The van der Waals surface area contributed by atoms with Gasteiger partial charge >= 0.3 is 0 Å². The van der Waals surface area contributed by atoms with Gasteiger partial charge in [0.25, 0.3) is 0 Å². The van der Waals surface area contributed by atoms with Gasteiger partial charge in [0.2, 0.25) is 10.0 Å². The van der Waals surface area contributed by atoms with Crippen molar-refractivity contribution in [1.82, 2.24) is 10.0 Å². The van der Waals surface area contributed by atoms with Gasteiger partial charge in [0.15, 0.2) is 0 Å². The minimum Gasteiger partial charge on any atom is -0.315 e. The molecule has 0 fully saturated rings. The van der Waals surface area contributed by atoms with Crippen LogP contribution in [0, 0.1) is 12.8 Å². The van der Waals surface area contributed by atoms with Crippen molar-refractivity contribution in [2.24, 2.45) is 5.92 Å². The summed E-state index contributed by atoms with van der Waals surface area (Å²) in [6, 6.07) is 1.75. The Kier molecular flexibility index (Phi) is 5.78. The van der Waals surface area contributed by atoms with Gasteiger partial charge in [0.1, 0.15) is 4.21 Å². The zero-order valence-electron chi connectivity index (χ0n) is 11.4. The fourth-order valence-corrected chi connectivity index (χ4v) is 4.24. The van der Waals surface area contributed by atoms with Gasteiger partial charge in [0.05, 0.1) is 0 Å². The third-order valence-electron chi connectivity index (χ3n) is 2.92. The van der Waals surface area contributed by atoms with Crippen molar-refractivity contribution in [2.75, 3.05) is 13.6 Å². The third-order valence-corrected chi connectivity index (χ3v) is 6.05. The van der Waals surface area contributed by atoms with E-state index in [2.05, 4.69) is 17.0 Å². The summed E-state index contributed by atoms with van der Waals surface area (Å²) in [6.45, 7) is 7.24. The first-order valence-electron chi connectivity index (χ1n) is 6.14. The fraction of sp³-hybridized carbons (Fsp3) is 0.667. The predicted octanol–water partition coefficient (Wildman–Crippen LogP) is 2.10. The molecule has 1 rings (SSSR count). The van der Waals surface area contributed by atoms with Crippen LogP contribution in [0.2, 0.25) is 0 Å². The molecule has 0 aromatic carbocycles. The minimum atomic E-state index is -3.34. The van der Waals surface area contributed by atoms with Gasteiger partial charge < -0.3 is 5.32 Å². The van der Waals surface area contributed by atoms with Crippen molar-refractivity contribution < 1.29 is 8.42 Å². The highest BCUT2D eigenvalue weighted by molar-refractivity contribution is 7.91. The first-order chi connectivity index (χ1) is 8.40. The number of aryl methyl sites for hydroxylation is 1. The molecule has 0 aliphatic carbocycles. The second-order valence-corrected chi connectivity index (χ2v) is 7.70. The first-order valence-corrected chi connectivity index (χ1v) is 8.44. The molecule has 18 heavy (non-hydrogen) atoms. The largest absolute Gasteiger partial charge is 0.315 e. The van der Waals surface area contributed by atoms with E-state index in [1.54, 1.807) is 6.07 Å². The third kappa shape index (κ3) is 4.05. The second kappa shape index (κ2) is 6.65. The topological polar surface area (TPSA) is 58.2 Å². The highest BCUT2D eigenvalue weighted by atomic mass is 32.2. The molecule has 0 saturated heterocycles. The lowest BCUT2D eigenvalue weighted by atomic mass is 10.1. The van der Waals surface area contributed by atoms with Gasteiger partial charge in [-0.15, -0.1) is 11.3 Å². The standard InChI is InChI=1S/C12H22N2O2S2/c1-5-9(2)7-14-18(15,16)12-6-10(3)11(17-12)8-13-4/h6,9,13-14H,5,7-8H2,1-4H3. The molecule has 0 radical (unpaired) electrons. The molecule has 0 spiro atoms. The number of hydrogen-bond donors (Lipinski definition) is 2. The molecule has 4 nitrogen and oxygen atoms in total. The Bertz CT molecular complexity index is 480. The van der Waals surface area contributed by atoms with E-state index in [4.69, 9.17) is 0 Å². The van der Waals surface area contributed by atoms with Crippen LogP contribution in [-0.2, 0) is 16.6 Å². The van der Waals surface area contributed by atoms with E-state index in [9.17, 15) is 8.42 Å². The summed E-state index contributed by atoms with van der Waals surface area (Å²) in [4.78, 5) is 1.07. The van der Waals surface area contributed by atoms with Crippen LogP contribution in [0.25, 0.3) is 0 Å². The SMILES string of the molecule is CCC(C)CNS(=O)(=O)c1cc(C)c(CNC)s1. The van der Waals surface area contributed by atoms with E-state index < -0.39 is 10.0 Å². The molecule has 1 heterocycles. The average Bonchev–Trinajstić information content (AvgIpc) is 2.69. The number of hydrogen-bond acceptors (Lipinski definition) is 4. The summed E-state index contributed by atoms with van der Waals surface area (Å²) < 4.78 is 27.3. The molecule has 0 saturated carbocycles. The summed E-state index contributed by atoms with van der Waals surface area (Å²) in [5.74, 6) is 0.359. The molecule has 1 aromatic rings. The van der Waals surface area contributed by atoms with Crippen molar-refractivity contribution in [3.8, 4) is 0 Å². The van der Waals surface area contributed by atoms with Crippen LogP contribution < -0.4 is 10.0 Å². The molecular weight excluding hydrogens is 268 g/mol. The van der Waals surface area contributed by atoms with Gasteiger partial charge in [-0.3, -0.25) is 0 Å². The van der Waals surface area contributed by atoms with E-state index in [-0.39, 0.29) is 0 Å². The average molecular weight is 290 g/mol. The lowest BCUT2D eigenvalue weighted by Gasteiger charge is -2.09. The summed E-state index contributed by atoms with van der Waals surface area (Å²) >= 11 is 1.34. The maximum atomic E-state index is 12.1. The Morgan fingerprint density at radius 1 is 1.44 bits per heavy atom. The quantitative estimate of drug-likeness (QED) is 0.808. The van der Waals surface area contributed by atoms with Gasteiger partial charge in [-0.05, 0) is 31.5 Å². The van der Waals surface area contributed by atoms with Crippen molar-refractivity contribution in [3.05, 3.63) is 16.5 Å². The molecule has 1 atom stereocenters. The predicted molar refractivity (Wildman–Crippen MR) is 76.5 cm³/mol. The Morgan fingerprint density at radius 2 is 2.11 bits per heavy atom. The first kappa shape index (κ1) is 15.6. The zero-order chi connectivity index (χ0) is 13.8. The molecule has 2 N–H and O–H groups in total. The van der Waals surface area contributed by atoms with Crippen molar-refractivity contribution in [1.29, 1.82) is 0 Å². The zero-order valence-corrected chi connectivity index (χ0v) is 13.0. The maximum Gasteiger partial charge on any atom is 0.250 e. The van der Waals surface area contributed by atoms with E-state index in [0.29, 0.717) is 23.2 Å². The molecule has 0 aliphatic heterocycles. The van der Waals surface area contributed by atoms with Gasteiger partial charge in [-0.1, -0.05) is 20.3 Å².